The third-order valence-corrected chi connectivity index (χ3v) is 7.09. The molecule has 0 saturated carbocycles. The van der Waals surface area contributed by atoms with Crippen LogP contribution in [0, 0.1) is 0 Å². The smallest absolute Gasteiger partial charge is 0.271 e. The number of carbonyl (C=O) groups excluding carboxylic acids is 4. The van der Waals surface area contributed by atoms with E-state index in [1.54, 1.807) is 54.1 Å². The van der Waals surface area contributed by atoms with Crippen molar-refractivity contribution in [2.75, 3.05) is 40.3 Å². The maximum atomic E-state index is 12.4. The zero-order valence-electron chi connectivity index (χ0n) is 24.6. The fourth-order valence-corrected chi connectivity index (χ4v) is 4.69. The summed E-state index contributed by atoms with van der Waals surface area (Å²) in [6.07, 6.45) is 12.5. The summed E-state index contributed by atoms with van der Waals surface area (Å²) in [5.41, 5.74) is 1.88. The molecule has 0 aromatic carbocycles. The molecule has 13 nitrogen and oxygen atoms in total. The minimum absolute atomic E-state index is 0.0490. The molecule has 4 amide bonds. The number of aliphatic imine (C=N–C) groups is 2. The van der Waals surface area contributed by atoms with Gasteiger partial charge in [0.05, 0.1) is 17.8 Å². The van der Waals surface area contributed by atoms with Crippen LogP contribution in [0.3, 0.4) is 0 Å². The summed E-state index contributed by atoms with van der Waals surface area (Å²) in [5.74, 6) is -0.362. The molecular weight excluding hydrogens is 550 g/mol. The van der Waals surface area contributed by atoms with E-state index < -0.39 is 5.91 Å². The molecule has 3 aromatic rings. The molecule has 2 fully saturated rings. The van der Waals surface area contributed by atoms with E-state index in [4.69, 9.17) is 0 Å². The number of fused-ring (bicyclic) bond motifs is 1. The number of nitrogens with one attached hydrogen (secondary N) is 1. The van der Waals surface area contributed by atoms with Gasteiger partial charge in [0.1, 0.15) is 11.3 Å². The van der Waals surface area contributed by atoms with Gasteiger partial charge in [-0.15, -0.1) is 0 Å². The number of carbonyl (C=O) groups is 4. The maximum Gasteiger partial charge on any atom is 0.271 e. The molecule has 3 aromatic heterocycles. The topological polar surface area (TPSA) is 145 Å². The van der Waals surface area contributed by atoms with Crippen molar-refractivity contribution in [1.29, 1.82) is 0 Å². The molecule has 2 aliphatic rings. The lowest BCUT2D eigenvalue weighted by Crippen LogP contribution is -2.41. The zero-order chi connectivity index (χ0) is 30.8. The van der Waals surface area contributed by atoms with E-state index in [-0.39, 0.29) is 34.9 Å². The highest BCUT2D eigenvalue weighted by Gasteiger charge is 2.24. The maximum absolute atomic E-state index is 12.4. The minimum atomic E-state index is -0.457. The van der Waals surface area contributed by atoms with Gasteiger partial charge in [-0.3, -0.25) is 29.5 Å². The predicted molar refractivity (Wildman–Crippen MR) is 162 cm³/mol. The van der Waals surface area contributed by atoms with Crippen LogP contribution in [-0.4, -0.2) is 106 Å². The molecule has 1 N–H and O–H groups in total. The van der Waals surface area contributed by atoms with Crippen LogP contribution < -0.4 is 5.32 Å². The second-order valence-electron chi connectivity index (χ2n) is 10.5. The number of pyridine rings is 2. The molecule has 0 aliphatic carbocycles. The Morgan fingerprint density at radius 3 is 2.47 bits per heavy atom. The number of aromatic nitrogens is 3. The summed E-state index contributed by atoms with van der Waals surface area (Å²) in [4.78, 5) is 69.0. The first-order valence-corrected chi connectivity index (χ1v) is 14.3. The van der Waals surface area contributed by atoms with Crippen LogP contribution in [0.1, 0.15) is 59.4 Å². The Balaban J connectivity index is 0.000000225. The summed E-state index contributed by atoms with van der Waals surface area (Å²) < 4.78 is 1.80. The minimum Gasteiger partial charge on any atom is -0.343 e. The highest BCUT2D eigenvalue weighted by atomic mass is 16.2. The first kappa shape index (κ1) is 31.0. The lowest BCUT2D eigenvalue weighted by molar-refractivity contribution is -0.139. The number of guanidine groups is 1. The van der Waals surface area contributed by atoms with Crippen molar-refractivity contribution < 1.29 is 19.2 Å². The van der Waals surface area contributed by atoms with Crippen LogP contribution in [-0.2, 0) is 9.59 Å². The molecule has 5 rings (SSSR count). The first-order valence-electron chi connectivity index (χ1n) is 14.3. The number of nitrogens with zero attached hydrogens (tertiary/aromatic N) is 8. The van der Waals surface area contributed by atoms with Gasteiger partial charge in [-0.05, 0) is 56.7 Å². The molecule has 0 atom stereocenters. The van der Waals surface area contributed by atoms with Crippen molar-refractivity contribution >= 4 is 47.6 Å². The van der Waals surface area contributed by atoms with E-state index in [0.29, 0.717) is 18.7 Å². The van der Waals surface area contributed by atoms with Gasteiger partial charge in [0, 0.05) is 64.9 Å². The third kappa shape index (κ3) is 8.53. The Bertz CT molecular complexity index is 1490. The Hall–Kier alpha value is -4.94. The van der Waals surface area contributed by atoms with E-state index in [0.717, 1.165) is 57.4 Å². The van der Waals surface area contributed by atoms with E-state index >= 15 is 0 Å². The van der Waals surface area contributed by atoms with Gasteiger partial charge >= 0.3 is 0 Å². The number of rotatable bonds is 5. The van der Waals surface area contributed by atoms with Crippen molar-refractivity contribution in [3.63, 3.8) is 0 Å². The van der Waals surface area contributed by atoms with Crippen molar-refractivity contribution in [2.24, 2.45) is 9.98 Å². The Labute approximate surface area is 250 Å². The number of hydrogen-bond donors (Lipinski definition) is 1. The van der Waals surface area contributed by atoms with E-state index in [1.165, 1.54) is 23.2 Å². The van der Waals surface area contributed by atoms with E-state index in [9.17, 15) is 19.2 Å². The normalized spacial score (nSPS) is 15.4. The SMILES string of the molecule is C=NC(=Nc1ccc2nccn2c1)NC(=O)c1ccc(C(=O)N(C)C)nc1.O=C(CN1CCCCCC1=O)N1CCCC1. The average Bonchev–Trinajstić information content (AvgIpc) is 3.68. The van der Waals surface area contributed by atoms with Gasteiger partial charge < -0.3 is 19.1 Å². The Morgan fingerprint density at radius 2 is 1.77 bits per heavy atom. The van der Waals surface area contributed by atoms with E-state index in [2.05, 4.69) is 32.0 Å². The number of amides is 4. The number of hydrogen-bond acceptors (Lipinski definition) is 7. The fourth-order valence-electron chi connectivity index (χ4n) is 4.69. The van der Waals surface area contributed by atoms with Crippen LogP contribution in [0.25, 0.3) is 5.65 Å². The Kier molecular flexibility index (Phi) is 10.7. The van der Waals surface area contributed by atoms with Gasteiger partial charge in [0.25, 0.3) is 11.8 Å². The molecule has 43 heavy (non-hydrogen) atoms. The second kappa shape index (κ2) is 14.8. The molecule has 0 spiro atoms. The summed E-state index contributed by atoms with van der Waals surface area (Å²) in [7, 11) is 3.26. The molecular formula is C30H37N9O4. The fraction of sp³-hybridized carbons (Fsp3) is 0.400. The highest BCUT2D eigenvalue weighted by Crippen LogP contribution is 2.15. The van der Waals surface area contributed by atoms with Crippen molar-refractivity contribution in [2.45, 2.75) is 38.5 Å². The van der Waals surface area contributed by atoms with Crippen molar-refractivity contribution in [3.8, 4) is 0 Å². The van der Waals surface area contributed by atoms with Crippen LogP contribution in [0.5, 0.6) is 0 Å². The second-order valence-corrected chi connectivity index (χ2v) is 10.5. The summed E-state index contributed by atoms with van der Waals surface area (Å²) in [6, 6.07) is 6.55. The molecule has 0 bridgehead atoms. The first-order chi connectivity index (χ1) is 20.7. The lowest BCUT2D eigenvalue weighted by Gasteiger charge is -2.23. The molecule has 226 valence electrons. The molecule has 2 saturated heterocycles. The number of imidazole rings is 1. The molecule has 0 radical (unpaired) electrons. The standard InChI is InChI=1S/C18H17N7O2.C12H20N2O2/c1-19-18(22-13-5-7-15-20-8-9-25(15)11-13)23-16(26)12-4-6-14(21-10-12)17(27)24(2)3;15-11-6-2-1-3-9-14(11)10-12(16)13-7-4-5-8-13/h4-11H,1H2,2-3H3,(H,22,23,26);1-10H2. The zero-order valence-corrected chi connectivity index (χ0v) is 24.6. The molecule has 5 heterocycles. The third-order valence-electron chi connectivity index (χ3n) is 7.09. The van der Waals surface area contributed by atoms with Gasteiger partial charge in [0.2, 0.25) is 17.8 Å². The van der Waals surface area contributed by atoms with Gasteiger partial charge in [-0.1, -0.05) is 6.42 Å². The summed E-state index contributed by atoms with van der Waals surface area (Å²) in [6.45, 7) is 6.25. The van der Waals surface area contributed by atoms with Crippen LogP contribution in [0.2, 0.25) is 0 Å². The summed E-state index contributed by atoms with van der Waals surface area (Å²) >= 11 is 0. The summed E-state index contributed by atoms with van der Waals surface area (Å²) in [5, 5.41) is 2.57. The van der Waals surface area contributed by atoms with Crippen molar-refractivity contribution in [3.05, 3.63) is 60.3 Å². The van der Waals surface area contributed by atoms with Crippen LogP contribution >= 0.6 is 0 Å². The van der Waals surface area contributed by atoms with Gasteiger partial charge in [-0.2, -0.15) is 0 Å². The van der Waals surface area contributed by atoms with E-state index in [1.807, 2.05) is 4.90 Å². The highest BCUT2D eigenvalue weighted by molar-refractivity contribution is 6.07. The quantitative estimate of drug-likeness (QED) is 0.359. The van der Waals surface area contributed by atoms with Gasteiger partial charge in [-0.25, -0.2) is 15.0 Å². The van der Waals surface area contributed by atoms with Crippen LogP contribution in [0.4, 0.5) is 5.69 Å². The van der Waals surface area contributed by atoms with Crippen molar-refractivity contribution in [1.82, 2.24) is 34.4 Å². The monoisotopic (exact) mass is 587 g/mol. The molecule has 0 unspecified atom stereocenters. The number of likely N-dealkylation sites (tertiary alicyclic amines) is 2. The molecule has 2 aliphatic heterocycles. The lowest BCUT2D eigenvalue weighted by atomic mass is 10.2. The van der Waals surface area contributed by atoms with Crippen LogP contribution in [0.15, 0.2) is 59.0 Å². The largest absolute Gasteiger partial charge is 0.343 e. The Morgan fingerprint density at radius 1 is 1.00 bits per heavy atom. The molecule has 13 heteroatoms. The predicted octanol–water partition coefficient (Wildman–Crippen LogP) is 2.56. The van der Waals surface area contributed by atoms with Gasteiger partial charge in [0.15, 0.2) is 0 Å². The average molecular weight is 588 g/mol.